The second kappa shape index (κ2) is 12.5. The number of phenolic OH excluding ortho intramolecular Hbond substituents is 1. The van der Waals surface area contributed by atoms with Crippen LogP contribution in [0.25, 0.3) is 27.7 Å². The highest BCUT2D eigenvalue weighted by atomic mass is 35.5. The largest absolute Gasteiger partial charge is 0.507 e. The van der Waals surface area contributed by atoms with Gasteiger partial charge in [-0.05, 0) is 43.4 Å². The Morgan fingerprint density at radius 2 is 1.75 bits per heavy atom. The van der Waals surface area contributed by atoms with Crippen LogP contribution in [0.1, 0.15) is 64.3 Å². The van der Waals surface area contributed by atoms with Gasteiger partial charge in [0, 0.05) is 44.3 Å². The summed E-state index contributed by atoms with van der Waals surface area (Å²) in [6.45, 7) is 14.3. The van der Waals surface area contributed by atoms with Crippen LogP contribution in [0.15, 0.2) is 42.0 Å². The van der Waals surface area contributed by atoms with E-state index in [0.29, 0.717) is 43.1 Å². The van der Waals surface area contributed by atoms with Crippen molar-refractivity contribution in [2.75, 3.05) is 36.5 Å². The summed E-state index contributed by atoms with van der Waals surface area (Å²) in [5.74, 6) is -2.60. The Labute approximate surface area is 282 Å². The van der Waals surface area contributed by atoms with E-state index in [9.17, 15) is 14.7 Å². The van der Waals surface area contributed by atoms with Crippen LogP contribution in [0.5, 0.6) is 5.75 Å². The van der Waals surface area contributed by atoms with Gasteiger partial charge in [0.1, 0.15) is 23.7 Å². The Kier molecular flexibility index (Phi) is 8.65. The van der Waals surface area contributed by atoms with Gasteiger partial charge in [0.2, 0.25) is 5.91 Å². The Morgan fingerprint density at radius 3 is 2.35 bits per heavy atom. The molecule has 0 radical (unpaired) electrons. The number of hydrogen-bond acceptors (Lipinski definition) is 8. The van der Waals surface area contributed by atoms with Crippen molar-refractivity contribution in [2.45, 2.75) is 65.0 Å². The minimum atomic E-state index is -0.885. The van der Waals surface area contributed by atoms with Gasteiger partial charge in [-0.2, -0.15) is 4.98 Å². The van der Waals surface area contributed by atoms with Gasteiger partial charge >= 0.3 is 5.69 Å². The molecule has 252 valence electrons. The van der Waals surface area contributed by atoms with Gasteiger partial charge in [-0.1, -0.05) is 51.9 Å². The topological polar surface area (TPSA) is 108 Å². The normalized spacial score (nSPS) is 17.9. The van der Waals surface area contributed by atoms with E-state index in [2.05, 4.69) is 21.5 Å². The van der Waals surface area contributed by atoms with Crippen LogP contribution < -0.4 is 15.5 Å². The maximum Gasteiger partial charge on any atom is 0.354 e. The van der Waals surface area contributed by atoms with Crippen LogP contribution in [0.4, 0.5) is 20.3 Å². The number of carbonyl (C=O) groups excluding carboxylic acids is 1. The molecule has 0 aliphatic carbocycles. The number of aromatic hydroxyl groups is 1. The van der Waals surface area contributed by atoms with E-state index >= 15 is 8.78 Å². The number of hydrogen-bond donors (Lipinski definition) is 1. The van der Waals surface area contributed by atoms with Crippen LogP contribution in [0.2, 0.25) is 5.02 Å². The number of nitrogens with zero attached hydrogens (tertiary/aromatic N) is 7. The van der Waals surface area contributed by atoms with Gasteiger partial charge in [-0.3, -0.25) is 9.36 Å². The molecule has 48 heavy (non-hydrogen) atoms. The highest BCUT2D eigenvalue weighted by Crippen LogP contribution is 2.50. The SMILES string of the molecule is C=CC(=O)N1CC2CCN(C)c3c(F)c(-c4c(O)cccc4F)c(Cl)c4c3c(nc(=O)n4-c3c(C(C)C)ncnc3C(C)C)N2CC1C. The summed E-state index contributed by atoms with van der Waals surface area (Å²) < 4.78 is 34.1. The Morgan fingerprint density at radius 1 is 1.08 bits per heavy atom. The lowest BCUT2D eigenvalue weighted by Gasteiger charge is -2.47. The minimum Gasteiger partial charge on any atom is -0.507 e. The van der Waals surface area contributed by atoms with Crippen molar-refractivity contribution in [3.63, 3.8) is 0 Å². The first kappa shape index (κ1) is 33.3. The molecule has 2 unspecified atom stereocenters. The number of fused-ring (bicyclic) bond motifs is 2. The van der Waals surface area contributed by atoms with Crippen LogP contribution in [0, 0.1) is 11.6 Å². The number of aromatic nitrogens is 4. The van der Waals surface area contributed by atoms with E-state index < -0.39 is 28.6 Å². The molecular formula is C35H38ClF2N7O3. The van der Waals surface area contributed by atoms with Crippen molar-refractivity contribution in [1.29, 1.82) is 0 Å². The number of phenols is 1. The lowest BCUT2D eigenvalue weighted by Crippen LogP contribution is -2.60. The number of benzene rings is 2. The molecule has 4 heterocycles. The summed E-state index contributed by atoms with van der Waals surface area (Å²) in [6.07, 6.45) is 3.21. The highest BCUT2D eigenvalue weighted by molar-refractivity contribution is 6.39. The molecule has 2 aromatic heterocycles. The van der Waals surface area contributed by atoms with Gasteiger partial charge in [-0.25, -0.2) is 23.5 Å². The number of piperazine rings is 1. The van der Waals surface area contributed by atoms with Crippen molar-refractivity contribution in [1.82, 2.24) is 24.4 Å². The van der Waals surface area contributed by atoms with Gasteiger partial charge < -0.3 is 19.8 Å². The van der Waals surface area contributed by atoms with Crippen molar-refractivity contribution in [2.24, 2.45) is 0 Å². The fourth-order valence-electron chi connectivity index (χ4n) is 7.04. The van der Waals surface area contributed by atoms with E-state index in [1.807, 2.05) is 39.5 Å². The maximum atomic E-state index is 17.2. The van der Waals surface area contributed by atoms with Gasteiger partial charge in [0.15, 0.2) is 5.82 Å². The van der Waals surface area contributed by atoms with Crippen molar-refractivity contribution >= 4 is 39.9 Å². The predicted molar refractivity (Wildman–Crippen MR) is 184 cm³/mol. The standard InChI is InChI=1S/C35H38ClF2N7O3/c1-8-23(47)43-15-20-12-13-42(7)32-26-31(27(36)25(28(32)38)24-21(37)10-9-11-22(24)46)45(35(48)41-34(26)44(20)14-19(43)6)33-29(17(2)3)39-16-40-30(33)18(4)5/h8-11,16-20,46H,1,12-15H2,2-7H3. The Hall–Kier alpha value is -4.58. The zero-order valence-electron chi connectivity index (χ0n) is 27.8. The molecule has 2 atom stereocenters. The van der Waals surface area contributed by atoms with Crippen LogP contribution in [0.3, 0.4) is 0 Å². The average molecular weight is 678 g/mol. The fraction of sp³-hybridized carbons (Fsp3) is 0.400. The zero-order chi connectivity index (χ0) is 34.8. The molecule has 1 N–H and O–H groups in total. The molecule has 2 aliphatic heterocycles. The monoisotopic (exact) mass is 677 g/mol. The second-order valence-electron chi connectivity index (χ2n) is 13.1. The minimum absolute atomic E-state index is 0.0491. The lowest BCUT2D eigenvalue weighted by atomic mass is 9.95. The number of halogens is 3. The van der Waals surface area contributed by atoms with Gasteiger partial charge in [-0.15, -0.1) is 0 Å². The molecule has 1 saturated heterocycles. The van der Waals surface area contributed by atoms with E-state index in [1.165, 1.54) is 29.1 Å². The average Bonchev–Trinajstić information content (AvgIpc) is 3.03. The highest BCUT2D eigenvalue weighted by Gasteiger charge is 2.40. The predicted octanol–water partition coefficient (Wildman–Crippen LogP) is 6.16. The number of rotatable bonds is 5. The molecule has 6 rings (SSSR count). The van der Waals surface area contributed by atoms with Crippen LogP contribution in [-0.2, 0) is 4.79 Å². The first-order valence-electron chi connectivity index (χ1n) is 16.0. The van der Waals surface area contributed by atoms with Crippen LogP contribution >= 0.6 is 11.6 Å². The number of amides is 1. The molecule has 1 fully saturated rings. The molecule has 2 aliphatic rings. The molecule has 2 aromatic carbocycles. The molecule has 0 bridgehead atoms. The fourth-order valence-corrected chi connectivity index (χ4v) is 7.39. The third-order valence-electron chi connectivity index (χ3n) is 9.36. The Balaban J connectivity index is 1.83. The smallest absolute Gasteiger partial charge is 0.354 e. The number of anilines is 2. The first-order chi connectivity index (χ1) is 22.8. The molecule has 10 nitrogen and oxygen atoms in total. The van der Waals surface area contributed by atoms with E-state index in [0.717, 1.165) is 6.07 Å². The van der Waals surface area contributed by atoms with Crippen molar-refractivity contribution in [3.05, 3.63) is 75.7 Å². The van der Waals surface area contributed by atoms with E-state index in [4.69, 9.17) is 11.6 Å². The second-order valence-corrected chi connectivity index (χ2v) is 13.5. The zero-order valence-corrected chi connectivity index (χ0v) is 28.5. The van der Waals surface area contributed by atoms with Crippen LogP contribution in [-0.4, -0.2) is 74.2 Å². The Bertz CT molecular complexity index is 1990. The third kappa shape index (κ3) is 5.17. The molecule has 0 spiro atoms. The maximum absolute atomic E-state index is 17.2. The van der Waals surface area contributed by atoms with Gasteiger partial charge in [0.25, 0.3) is 0 Å². The summed E-state index contributed by atoms with van der Waals surface area (Å²) in [5, 5.41) is 10.9. The summed E-state index contributed by atoms with van der Waals surface area (Å²) in [6, 6.07) is 3.12. The lowest BCUT2D eigenvalue weighted by molar-refractivity contribution is -0.128. The molecule has 1 amide bonds. The van der Waals surface area contributed by atoms with Crippen molar-refractivity contribution in [3.8, 4) is 22.6 Å². The summed E-state index contributed by atoms with van der Waals surface area (Å²) in [7, 11) is 1.70. The molecule has 13 heteroatoms. The van der Waals surface area contributed by atoms with Gasteiger partial charge in [0.05, 0.1) is 44.3 Å². The molecule has 0 saturated carbocycles. The summed E-state index contributed by atoms with van der Waals surface area (Å²) in [4.78, 5) is 46.5. The quantitative estimate of drug-likeness (QED) is 0.251. The summed E-state index contributed by atoms with van der Waals surface area (Å²) in [5.41, 5.74) is 0.0838. The van der Waals surface area contributed by atoms with E-state index in [1.54, 1.807) is 16.8 Å². The first-order valence-corrected chi connectivity index (χ1v) is 16.4. The molecule has 4 aromatic rings. The molecular weight excluding hydrogens is 640 g/mol. The number of carbonyl (C=O) groups is 1. The van der Waals surface area contributed by atoms with E-state index in [-0.39, 0.29) is 62.8 Å². The van der Waals surface area contributed by atoms with Crippen molar-refractivity contribution < 1.29 is 18.7 Å². The summed E-state index contributed by atoms with van der Waals surface area (Å²) >= 11 is 7.22. The third-order valence-corrected chi connectivity index (χ3v) is 9.72.